The Morgan fingerprint density at radius 3 is 2.95 bits per heavy atom. The summed E-state index contributed by atoms with van der Waals surface area (Å²) in [5.41, 5.74) is 0. The Hall–Kier alpha value is -0.630. The highest BCUT2D eigenvalue weighted by Crippen LogP contribution is 2.27. The lowest BCUT2D eigenvalue weighted by Crippen LogP contribution is -2.38. The molecule has 1 saturated heterocycles. The molecule has 0 amide bonds. The molecule has 7 heteroatoms. The quantitative estimate of drug-likeness (QED) is 0.797. The first-order chi connectivity index (χ1) is 10.0. The van der Waals surface area contributed by atoms with Crippen LogP contribution >= 0.6 is 15.9 Å². The maximum atomic E-state index is 12.5. The van der Waals surface area contributed by atoms with Gasteiger partial charge in [-0.15, -0.1) is 0 Å². The zero-order chi connectivity index (χ0) is 15.3. The van der Waals surface area contributed by atoms with Gasteiger partial charge >= 0.3 is 0 Å². The van der Waals surface area contributed by atoms with Crippen LogP contribution in [0.4, 0.5) is 0 Å². The molecule has 118 valence electrons. The van der Waals surface area contributed by atoms with Crippen molar-refractivity contribution < 1.29 is 13.2 Å². The van der Waals surface area contributed by atoms with E-state index in [-0.39, 0.29) is 4.90 Å². The van der Waals surface area contributed by atoms with Crippen molar-refractivity contribution >= 4 is 26.0 Å². The maximum absolute atomic E-state index is 12.5. The molecule has 1 atom stereocenters. The number of halogens is 1. The monoisotopic (exact) mass is 376 g/mol. The molecule has 0 aromatic heterocycles. The van der Waals surface area contributed by atoms with E-state index in [0.717, 1.165) is 25.9 Å². The minimum Gasteiger partial charge on any atom is -0.492 e. The van der Waals surface area contributed by atoms with Crippen LogP contribution in [0.3, 0.4) is 0 Å². The van der Waals surface area contributed by atoms with E-state index in [9.17, 15) is 8.42 Å². The van der Waals surface area contributed by atoms with Gasteiger partial charge in [0.15, 0.2) is 0 Å². The lowest BCUT2D eigenvalue weighted by Gasteiger charge is -2.23. The van der Waals surface area contributed by atoms with E-state index in [2.05, 4.69) is 26.0 Å². The summed E-state index contributed by atoms with van der Waals surface area (Å²) in [5.74, 6) is 0.728. The van der Waals surface area contributed by atoms with Crippen molar-refractivity contribution in [1.29, 1.82) is 0 Å². The second-order valence-corrected chi connectivity index (χ2v) is 7.74. The van der Waals surface area contributed by atoms with Crippen molar-refractivity contribution in [3.05, 3.63) is 22.7 Å². The zero-order valence-corrected chi connectivity index (χ0v) is 14.5. The molecular weight excluding hydrogens is 356 g/mol. The summed E-state index contributed by atoms with van der Waals surface area (Å²) >= 11 is 3.31. The minimum atomic E-state index is -3.57. The number of hydrogen-bond donors (Lipinski definition) is 2. The standard InChI is InChI=1S/C14H21BrN2O3S/c1-2-20-13-6-5-12(15)8-14(13)21(18,19)17-10-11-4-3-7-16-9-11/h5-6,8,11,16-17H,2-4,7,9-10H2,1H3. The van der Waals surface area contributed by atoms with Gasteiger partial charge in [0.1, 0.15) is 10.6 Å². The summed E-state index contributed by atoms with van der Waals surface area (Å²) in [5, 5.41) is 3.28. The molecule has 1 aromatic rings. The highest BCUT2D eigenvalue weighted by atomic mass is 79.9. The molecule has 1 aliphatic heterocycles. The van der Waals surface area contributed by atoms with Crippen LogP contribution in [0.2, 0.25) is 0 Å². The Kier molecular flexibility index (Phi) is 6.04. The third-order valence-corrected chi connectivity index (χ3v) is 5.39. The number of benzene rings is 1. The summed E-state index contributed by atoms with van der Waals surface area (Å²) in [4.78, 5) is 0.183. The van der Waals surface area contributed by atoms with Crippen LogP contribution in [0.5, 0.6) is 5.75 Å². The number of piperidine rings is 1. The lowest BCUT2D eigenvalue weighted by atomic mass is 10.0. The van der Waals surface area contributed by atoms with E-state index in [1.807, 2.05) is 6.92 Å². The SMILES string of the molecule is CCOc1ccc(Br)cc1S(=O)(=O)NCC1CCCNC1. The molecular formula is C14H21BrN2O3S. The van der Waals surface area contributed by atoms with Crippen LogP contribution in [0.1, 0.15) is 19.8 Å². The van der Waals surface area contributed by atoms with Gasteiger partial charge in [0.2, 0.25) is 10.0 Å². The first kappa shape index (κ1) is 16.7. The predicted molar refractivity (Wildman–Crippen MR) is 86.1 cm³/mol. The molecule has 21 heavy (non-hydrogen) atoms. The smallest absolute Gasteiger partial charge is 0.244 e. The van der Waals surface area contributed by atoms with Crippen molar-refractivity contribution in [2.24, 2.45) is 5.92 Å². The molecule has 1 unspecified atom stereocenters. The summed E-state index contributed by atoms with van der Waals surface area (Å²) in [6.07, 6.45) is 2.14. The summed E-state index contributed by atoms with van der Waals surface area (Å²) in [6.45, 7) is 4.59. The average molecular weight is 377 g/mol. The molecule has 1 aliphatic rings. The highest BCUT2D eigenvalue weighted by molar-refractivity contribution is 9.10. The van der Waals surface area contributed by atoms with E-state index in [1.165, 1.54) is 0 Å². The Labute approximate surface area is 134 Å². The molecule has 1 aromatic carbocycles. The molecule has 0 radical (unpaired) electrons. The molecule has 0 saturated carbocycles. The van der Waals surface area contributed by atoms with Crippen molar-refractivity contribution in [2.45, 2.75) is 24.7 Å². The van der Waals surface area contributed by atoms with Crippen LogP contribution in [0, 0.1) is 5.92 Å². The average Bonchev–Trinajstić information content (AvgIpc) is 2.48. The van der Waals surface area contributed by atoms with Crippen LogP contribution in [-0.4, -0.2) is 34.7 Å². The second kappa shape index (κ2) is 7.58. The van der Waals surface area contributed by atoms with Gasteiger partial charge in [-0.25, -0.2) is 13.1 Å². The Bertz CT molecular complexity index is 572. The van der Waals surface area contributed by atoms with Crippen molar-refractivity contribution in [3.63, 3.8) is 0 Å². The normalized spacial score (nSPS) is 19.4. The van der Waals surface area contributed by atoms with Gasteiger partial charge < -0.3 is 10.1 Å². The lowest BCUT2D eigenvalue weighted by molar-refractivity contribution is 0.330. The van der Waals surface area contributed by atoms with Crippen LogP contribution in [0.25, 0.3) is 0 Å². The van der Waals surface area contributed by atoms with E-state index < -0.39 is 10.0 Å². The van der Waals surface area contributed by atoms with Gasteiger partial charge in [0, 0.05) is 11.0 Å². The molecule has 0 spiro atoms. The molecule has 1 heterocycles. The molecule has 1 fully saturated rings. The van der Waals surface area contributed by atoms with Crippen molar-refractivity contribution in [2.75, 3.05) is 26.2 Å². The highest BCUT2D eigenvalue weighted by Gasteiger charge is 2.22. The van der Waals surface area contributed by atoms with Crippen LogP contribution in [0.15, 0.2) is 27.6 Å². The minimum absolute atomic E-state index is 0.183. The molecule has 2 N–H and O–H groups in total. The predicted octanol–water partition coefficient (Wildman–Crippen LogP) is 2.13. The second-order valence-electron chi connectivity index (χ2n) is 5.09. The molecule has 0 bridgehead atoms. The first-order valence-corrected chi connectivity index (χ1v) is 9.43. The van der Waals surface area contributed by atoms with E-state index >= 15 is 0 Å². The third kappa shape index (κ3) is 4.67. The number of rotatable bonds is 6. The fourth-order valence-corrected chi connectivity index (χ4v) is 4.17. The summed E-state index contributed by atoms with van der Waals surface area (Å²) in [6, 6.07) is 5.02. The number of sulfonamides is 1. The molecule has 0 aliphatic carbocycles. The largest absolute Gasteiger partial charge is 0.492 e. The van der Waals surface area contributed by atoms with Gasteiger partial charge in [-0.2, -0.15) is 0 Å². The van der Waals surface area contributed by atoms with Gasteiger partial charge in [-0.05, 0) is 57.0 Å². The Morgan fingerprint density at radius 2 is 2.29 bits per heavy atom. The molecule has 5 nitrogen and oxygen atoms in total. The van der Waals surface area contributed by atoms with Crippen molar-refractivity contribution in [3.8, 4) is 5.75 Å². The number of hydrogen-bond acceptors (Lipinski definition) is 4. The fourth-order valence-electron chi connectivity index (χ4n) is 2.37. The number of nitrogens with one attached hydrogen (secondary N) is 2. The number of ether oxygens (including phenoxy) is 1. The van der Waals surface area contributed by atoms with Gasteiger partial charge in [-0.1, -0.05) is 15.9 Å². The van der Waals surface area contributed by atoms with E-state index in [4.69, 9.17) is 4.74 Å². The van der Waals surface area contributed by atoms with Crippen LogP contribution in [-0.2, 0) is 10.0 Å². The Balaban J connectivity index is 2.12. The van der Waals surface area contributed by atoms with E-state index in [0.29, 0.717) is 29.3 Å². The third-order valence-electron chi connectivity index (χ3n) is 3.46. The Morgan fingerprint density at radius 1 is 1.48 bits per heavy atom. The van der Waals surface area contributed by atoms with Gasteiger partial charge in [-0.3, -0.25) is 0 Å². The van der Waals surface area contributed by atoms with Gasteiger partial charge in [0.05, 0.1) is 6.61 Å². The zero-order valence-electron chi connectivity index (χ0n) is 12.1. The first-order valence-electron chi connectivity index (χ1n) is 7.15. The summed E-state index contributed by atoms with van der Waals surface area (Å²) in [7, 11) is -3.57. The fraction of sp³-hybridized carbons (Fsp3) is 0.571. The summed E-state index contributed by atoms with van der Waals surface area (Å²) < 4.78 is 33.8. The van der Waals surface area contributed by atoms with E-state index in [1.54, 1.807) is 18.2 Å². The van der Waals surface area contributed by atoms with Crippen molar-refractivity contribution in [1.82, 2.24) is 10.0 Å². The topological polar surface area (TPSA) is 67.4 Å². The maximum Gasteiger partial charge on any atom is 0.244 e. The van der Waals surface area contributed by atoms with Crippen LogP contribution < -0.4 is 14.8 Å². The van der Waals surface area contributed by atoms with Gasteiger partial charge in [0.25, 0.3) is 0 Å². The molecule has 2 rings (SSSR count).